The summed E-state index contributed by atoms with van der Waals surface area (Å²) in [4.78, 5) is 14.4. The molecule has 21 heavy (non-hydrogen) atoms. The fraction of sp³-hybridized carbons (Fsp3) is 0.533. The van der Waals surface area contributed by atoms with Crippen LogP contribution in [0.5, 0.6) is 0 Å². The highest BCUT2D eigenvalue weighted by atomic mass is 32.2. The van der Waals surface area contributed by atoms with Crippen molar-refractivity contribution in [2.75, 3.05) is 7.05 Å². The van der Waals surface area contributed by atoms with Gasteiger partial charge < -0.3 is 4.90 Å². The van der Waals surface area contributed by atoms with E-state index >= 15 is 0 Å². The van der Waals surface area contributed by atoms with E-state index in [0.717, 1.165) is 31.2 Å². The fourth-order valence-electron chi connectivity index (χ4n) is 3.02. The van der Waals surface area contributed by atoms with E-state index < -0.39 is 10.0 Å². The molecule has 0 bridgehead atoms. The molecule has 1 aromatic rings. The van der Waals surface area contributed by atoms with Crippen molar-refractivity contribution in [1.82, 2.24) is 4.90 Å². The first-order valence-corrected chi connectivity index (χ1v) is 8.67. The lowest BCUT2D eigenvalue weighted by Crippen LogP contribution is -2.35. The Kier molecular flexibility index (Phi) is 4.39. The highest BCUT2D eigenvalue weighted by molar-refractivity contribution is 7.89. The summed E-state index contributed by atoms with van der Waals surface area (Å²) in [5, 5.41) is 5.22. The van der Waals surface area contributed by atoms with E-state index in [9.17, 15) is 13.2 Å². The van der Waals surface area contributed by atoms with E-state index in [0.29, 0.717) is 11.1 Å². The van der Waals surface area contributed by atoms with Crippen LogP contribution in [0.1, 0.15) is 47.2 Å². The molecule has 0 aromatic heterocycles. The molecule has 0 aliphatic heterocycles. The number of carbonyl (C=O) groups is 1. The van der Waals surface area contributed by atoms with E-state index in [1.807, 2.05) is 6.92 Å². The monoisotopic (exact) mass is 310 g/mol. The molecular formula is C15H22N2O3S. The Balaban J connectivity index is 2.41. The zero-order chi connectivity index (χ0) is 15.8. The van der Waals surface area contributed by atoms with Gasteiger partial charge in [-0.3, -0.25) is 4.79 Å². The number of rotatable bonds is 3. The number of nitrogens with two attached hydrogens (primary N) is 1. The summed E-state index contributed by atoms with van der Waals surface area (Å²) in [6.45, 7) is 3.50. The van der Waals surface area contributed by atoms with Crippen molar-refractivity contribution in [3.8, 4) is 0 Å². The predicted molar refractivity (Wildman–Crippen MR) is 81.6 cm³/mol. The number of amides is 1. The molecule has 5 nitrogen and oxygen atoms in total. The Labute approximate surface area is 126 Å². The zero-order valence-electron chi connectivity index (χ0n) is 12.7. The first kappa shape index (κ1) is 16.0. The Morgan fingerprint density at radius 3 is 2.29 bits per heavy atom. The van der Waals surface area contributed by atoms with Crippen molar-refractivity contribution in [2.24, 2.45) is 5.14 Å². The highest BCUT2D eigenvalue weighted by Crippen LogP contribution is 2.26. The van der Waals surface area contributed by atoms with Gasteiger partial charge in [0.15, 0.2) is 0 Å². The fourth-order valence-corrected chi connectivity index (χ4v) is 3.81. The lowest BCUT2D eigenvalue weighted by Gasteiger charge is -2.25. The lowest BCUT2D eigenvalue weighted by molar-refractivity contribution is 0.0734. The maximum absolute atomic E-state index is 12.6. The molecule has 6 heteroatoms. The molecule has 2 rings (SSSR count). The van der Waals surface area contributed by atoms with Gasteiger partial charge >= 0.3 is 0 Å². The minimum Gasteiger partial charge on any atom is -0.339 e. The smallest absolute Gasteiger partial charge is 0.254 e. The number of hydrogen-bond acceptors (Lipinski definition) is 3. The standard InChI is InChI=1S/C15H22N2O3S/c1-10-8-11(2)14(21(16,19)20)9-13(10)15(18)17(3)12-6-4-5-7-12/h8-9,12H,4-7H2,1-3H3,(H2,16,19,20). The van der Waals surface area contributed by atoms with Gasteiger partial charge in [-0.2, -0.15) is 0 Å². The Morgan fingerprint density at radius 2 is 1.76 bits per heavy atom. The molecule has 0 spiro atoms. The van der Waals surface area contributed by atoms with Crippen LogP contribution in [0.25, 0.3) is 0 Å². The van der Waals surface area contributed by atoms with E-state index in [4.69, 9.17) is 5.14 Å². The van der Waals surface area contributed by atoms with Crippen LogP contribution >= 0.6 is 0 Å². The third-order valence-corrected chi connectivity index (χ3v) is 5.30. The number of benzene rings is 1. The van der Waals surface area contributed by atoms with Crippen molar-refractivity contribution >= 4 is 15.9 Å². The summed E-state index contributed by atoms with van der Waals surface area (Å²) in [5.41, 5.74) is 1.75. The first-order chi connectivity index (χ1) is 9.71. The number of primary sulfonamides is 1. The molecule has 0 unspecified atom stereocenters. The maximum atomic E-state index is 12.6. The zero-order valence-corrected chi connectivity index (χ0v) is 13.5. The third kappa shape index (κ3) is 3.27. The third-order valence-electron chi connectivity index (χ3n) is 4.25. The minimum atomic E-state index is -3.82. The molecule has 2 N–H and O–H groups in total. The normalized spacial score (nSPS) is 16.2. The van der Waals surface area contributed by atoms with Crippen molar-refractivity contribution < 1.29 is 13.2 Å². The molecule has 1 saturated carbocycles. The number of carbonyl (C=O) groups excluding carboxylic acids is 1. The molecule has 0 atom stereocenters. The highest BCUT2D eigenvalue weighted by Gasteiger charge is 2.26. The van der Waals surface area contributed by atoms with Gasteiger partial charge in [-0.25, -0.2) is 13.6 Å². The molecule has 0 saturated heterocycles. The van der Waals surface area contributed by atoms with Crippen LogP contribution in [0.4, 0.5) is 0 Å². The van der Waals surface area contributed by atoms with E-state index in [-0.39, 0.29) is 16.8 Å². The van der Waals surface area contributed by atoms with Gasteiger partial charge in [-0.1, -0.05) is 18.9 Å². The summed E-state index contributed by atoms with van der Waals surface area (Å²) >= 11 is 0. The summed E-state index contributed by atoms with van der Waals surface area (Å²) < 4.78 is 23.2. The van der Waals surface area contributed by atoms with Crippen LogP contribution in [-0.2, 0) is 10.0 Å². The van der Waals surface area contributed by atoms with Gasteiger partial charge in [0.1, 0.15) is 0 Å². The lowest BCUT2D eigenvalue weighted by atomic mass is 10.0. The van der Waals surface area contributed by atoms with Crippen molar-refractivity contribution in [3.05, 3.63) is 28.8 Å². The predicted octanol–water partition coefficient (Wildman–Crippen LogP) is 1.97. The van der Waals surface area contributed by atoms with Crippen LogP contribution in [0.15, 0.2) is 17.0 Å². The van der Waals surface area contributed by atoms with Crippen molar-refractivity contribution in [2.45, 2.75) is 50.5 Å². The van der Waals surface area contributed by atoms with Gasteiger partial charge in [0.25, 0.3) is 5.91 Å². The second-order valence-electron chi connectivity index (χ2n) is 5.83. The van der Waals surface area contributed by atoms with Crippen LogP contribution in [0.3, 0.4) is 0 Å². The van der Waals surface area contributed by atoms with Gasteiger partial charge in [0.2, 0.25) is 10.0 Å². The van der Waals surface area contributed by atoms with Gasteiger partial charge in [-0.05, 0) is 43.9 Å². The minimum absolute atomic E-state index is 0.0243. The Hall–Kier alpha value is -1.40. The number of nitrogens with zero attached hydrogens (tertiary/aromatic N) is 1. The molecular weight excluding hydrogens is 288 g/mol. The topological polar surface area (TPSA) is 80.5 Å². The molecule has 1 aliphatic carbocycles. The van der Waals surface area contributed by atoms with Crippen molar-refractivity contribution in [1.29, 1.82) is 0 Å². The maximum Gasteiger partial charge on any atom is 0.254 e. The average molecular weight is 310 g/mol. The molecule has 1 aromatic carbocycles. The van der Waals surface area contributed by atoms with Gasteiger partial charge in [-0.15, -0.1) is 0 Å². The Morgan fingerprint density at radius 1 is 1.19 bits per heavy atom. The summed E-state index contributed by atoms with van der Waals surface area (Å²) in [6, 6.07) is 3.36. The SMILES string of the molecule is Cc1cc(C)c(S(N)(=O)=O)cc1C(=O)N(C)C1CCCC1. The number of sulfonamides is 1. The number of aryl methyl sites for hydroxylation is 2. The van der Waals surface area contributed by atoms with Crippen LogP contribution < -0.4 is 5.14 Å². The van der Waals surface area contributed by atoms with E-state index in [2.05, 4.69) is 0 Å². The van der Waals surface area contributed by atoms with Gasteiger partial charge in [0, 0.05) is 18.7 Å². The van der Waals surface area contributed by atoms with Crippen LogP contribution in [0.2, 0.25) is 0 Å². The second kappa shape index (κ2) is 5.77. The first-order valence-electron chi connectivity index (χ1n) is 7.13. The summed E-state index contributed by atoms with van der Waals surface area (Å²) in [6.07, 6.45) is 4.29. The average Bonchev–Trinajstić information content (AvgIpc) is 2.89. The van der Waals surface area contributed by atoms with Gasteiger partial charge in [0.05, 0.1) is 4.90 Å². The molecule has 0 heterocycles. The van der Waals surface area contributed by atoms with Crippen LogP contribution in [0, 0.1) is 13.8 Å². The quantitative estimate of drug-likeness (QED) is 0.926. The van der Waals surface area contributed by atoms with E-state index in [1.165, 1.54) is 6.07 Å². The van der Waals surface area contributed by atoms with E-state index in [1.54, 1.807) is 24.9 Å². The largest absolute Gasteiger partial charge is 0.339 e. The summed E-state index contributed by atoms with van der Waals surface area (Å²) in [5.74, 6) is -0.135. The molecule has 1 aliphatic rings. The molecule has 1 fully saturated rings. The second-order valence-corrected chi connectivity index (χ2v) is 7.36. The molecule has 116 valence electrons. The Bertz CT molecular complexity index is 662. The number of hydrogen-bond donors (Lipinski definition) is 1. The van der Waals surface area contributed by atoms with Crippen molar-refractivity contribution in [3.63, 3.8) is 0 Å². The summed E-state index contributed by atoms with van der Waals surface area (Å²) in [7, 11) is -2.04. The molecule has 1 amide bonds. The molecule has 0 radical (unpaired) electrons. The van der Waals surface area contributed by atoms with Crippen LogP contribution in [-0.4, -0.2) is 32.3 Å².